The number of rotatable bonds is 48. The van der Waals surface area contributed by atoms with E-state index >= 15 is 0 Å². The van der Waals surface area contributed by atoms with Crippen molar-refractivity contribution in [1.82, 2.24) is 5.32 Å². The van der Waals surface area contributed by atoms with Gasteiger partial charge in [-0.25, -0.2) is 0 Å². The van der Waals surface area contributed by atoms with Crippen LogP contribution in [0.3, 0.4) is 0 Å². The topological polar surface area (TPSA) is 89.8 Å². The minimum Gasteiger partial charge on any atom is -0.394 e. The zero-order valence-corrected chi connectivity index (χ0v) is 38.3. The van der Waals surface area contributed by atoms with Crippen LogP contribution in [0.5, 0.6) is 0 Å². The van der Waals surface area contributed by atoms with Crippen molar-refractivity contribution in [2.24, 2.45) is 0 Å². The molecule has 0 aliphatic carbocycles. The van der Waals surface area contributed by atoms with E-state index in [0.29, 0.717) is 12.8 Å². The van der Waals surface area contributed by atoms with Gasteiger partial charge in [0.15, 0.2) is 0 Å². The van der Waals surface area contributed by atoms with Gasteiger partial charge >= 0.3 is 0 Å². The Balaban J connectivity index is 3.51. The van der Waals surface area contributed by atoms with Crippen LogP contribution in [0.2, 0.25) is 0 Å². The van der Waals surface area contributed by atoms with Gasteiger partial charge < -0.3 is 20.6 Å². The fourth-order valence-electron chi connectivity index (χ4n) is 8.47. The maximum atomic E-state index is 12.5. The van der Waals surface area contributed by atoms with Crippen molar-refractivity contribution in [3.05, 3.63) is 0 Å². The number of nitrogens with one attached hydrogen (secondary N) is 1. The van der Waals surface area contributed by atoms with Crippen LogP contribution in [0.4, 0.5) is 0 Å². The van der Waals surface area contributed by atoms with Gasteiger partial charge in [0.1, 0.15) is 0 Å². The maximum absolute atomic E-state index is 12.5. The van der Waals surface area contributed by atoms with E-state index in [2.05, 4.69) is 19.2 Å². The lowest BCUT2D eigenvalue weighted by Gasteiger charge is -2.23. The van der Waals surface area contributed by atoms with E-state index < -0.39 is 18.2 Å². The molecule has 0 rings (SSSR count). The van der Waals surface area contributed by atoms with Crippen molar-refractivity contribution in [3.63, 3.8) is 0 Å². The molecule has 4 N–H and O–H groups in total. The van der Waals surface area contributed by atoms with Gasteiger partial charge in [0, 0.05) is 0 Å². The SMILES string of the molecule is CCCCCCCCCCCCCCCCCCCCCCCCCCC(O)CC(=O)NC(CO)C(O)CCCCCCCCCCCCCCCCCCC. The summed E-state index contributed by atoms with van der Waals surface area (Å²) in [6.45, 7) is 4.30. The van der Waals surface area contributed by atoms with Crippen molar-refractivity contribution in [3.8, 4) is 0 Å². The van der Waals surface area contributed by atoms with E-state index in [9.17, 15) is 20.1 Å². The number of hydrogen-bond donors (Lipinski definition) is 4. The highest BCUT2D eigenvalue weighted by atomic mass is 16.3. The largest absolute Gasteiger partial charge is 0.394 e. The summed E-state index contributed by atoms with van der Waals surface area (Å²) in [6.07, 6.45) is 55.2. The Morgan fingerprint density at radius 3 is 0.857 bits per heavy atom. The summed E-state index contributed by atoms with van der Waals surface area (Å²) in [5.74, 6) is -0.276. The van der Waals surface area contributed by atoms with E-state index in [0.717, 1.165) is 25.7 Å². The summed E-state index contributed by atoms with van der Waals surface area (Å²) >= 11 is 0. The third kappa shape index (κ3) is 42.9. The Bertz CT molecular complexity index is 747. The molecule has 3 atom stereocenters. The second-order valence-corrected chi connectivity index (χ2v) is 18.1. The summed E-state index contributed by atoms with van der Waals surface area (Å²) in [7, 11) is 0. The predicted molar refractivity (Wildman–Crippen MR) is 246 cm³/mol. The molecular formula is C51H103NO4. The highest BCUT2D eigenvalue weighted by Gasteiger charge is 2.21. The standard InChI is InChI=1S/C51H103NO4/c1-3-5-7-9-11-13-15-17-19-21-22-23-24-25-26-27-29-30-32-34-36-38-40-42-44-48(54)46-51(56)52-49(47-53)50(55)45-43-41-39-37-35-33-31-28-20-18-16-14-12-10-8-6-4-2/h48-50,53-55H,3-47H2,1-2H3,(H,52,56). The van der Waals surface area contributed by atoms with Crippen LogP contribution in [0.15, 0.2) is 0 Å². The number of aliphatic hydroxyl groups is 3. The van der Waals surface area contributed by atoms with Crippen molar-refractivity contribution < 1.29 is 20.1 Å². The smallest absolute Gasteiger partial charge is 0.222 e. The first kappa shape index (κ1) is 55.4. The quantitative estimate of drug-likeness (QED) is 0.0462. The Morgan fingerprint density at radius 2 is 0.607 bits per heavy atom. The fourth-order valence-corrected chi connectivity index (χ4v) is 8.47. The molecule has 336 valence electrons. The molecule has 3 unspecified atom stereocenters. The second-order valence-electron chi connectivity index (χ2n) is 18.1. The molecule has 1 amide bonds. The predicted octanol–water partition coefficient (Wildman–Crippen LogP) is 15.4. The number of hydrogen-bond acceptors (Lipinski definition) is 4. The molecule has 0 aliphatic heterocycles. The maximum Gasteiger partial charge on any atom is 0.222 e. The first-order valence-corrected chi connectivity index (χ1v) is 25.8. The van der Waals surface area contributed by atoms with E-state index in [-0.39, 0.29) is 18.9 Å². The molecule has 0 radical (unpaired) electrons. The Labute approximate surface area is 351 Å². The average Bonchev–Trinajstić information content (AvgIpc) is 3.19. The lowest BCUT2D eigenvalue weighted by atomic mass is 10.0. The molecule has 5 heteroatoms. The van der Waals surface area contributed by atoms with Crippen LogP contribution in [-0.4, -0.2) is 46.1 Å². The van der Waals surface area contributed by atoms with Gasteiger partial charge in [-0.05, 0) is 12.8 Å². The molecule has 0 aromatic carbocycles. The summed E-state index contributed by atoms with van der Waals surface area (Å²) in [5.41, 5.74) is 0. The van der Waals surface area contributed by atoms with Gasteiger partial charge in [-0.3, -0.25) is 4.79 Å². The molecule has 0 aromatic rings. The van der Waals surface area contributed by atoms with E-state index in [1.807, 2.05) is 0 Å². The number of carbonyl (C=O) groups is 1. The summed E-state index contributed by atoms with van der Waals surface area (Å²) in [5, 5.41) is 33.5. The lowest BCUT2D eigenvalue weighted by molar-refractivity contribution is -0.125. The molecule has 0 saturated heterocycles. The average molecular weight is 794 g/mol. The van der Waals surface area contributed by atoms with Crippen molar-refractivity contribution in [1.29, 1.82) is 0 Å². The second kappa shape index (κ2) is 47.0. The van der Waals surface area contributed by atoms with Crippen molar-refractivity contribution >= 4 is 5.91 Å². The Morgan fingerprint density at radius 1 is 0.375 bits per heavy atom. The van der Waals surface area contributed by atoms with Crippen LogP contribution in [-0.2, 0) is 4.79 Å². The van der Waals surface area contributed by atoms with E-state index in [1.165, 1.54) is 238 Å². The van der Waals surface area contributed by atoms with Gasteiger partial charge in [0.2, 0.25) is 5.91 Å². The first-order chi connectivity index (χ1) is 27.5. The van der Waals surface area contributed by atoms with Crippen LogP contribution >= 0.6 is 0 Å². The van der Waals surface area contributed by atoms with Crippen molar-refractivity contribution in [2.45, 2.75) is 315 Å². The third-order valence-corrected chi connectivity index (χ3v) is 12.4. The van der Waals surface area contributed by atoms with Gasteiger partial charge in [0.25, 0.3) is 0 Å². The van der Waals surface area contributed by atoms with Gasteiger partial charge in [0.05, 0.1) is 31.3 Å². The molecule has 0 aromatic heterocycles. The third-order valence-electron chi connectivity index (χ3n) is 12.4. The molecular weight excluding hydrogens is 691 g/mol. The number of amides is 1. The summed E-state index contributed by atoms with van der Waals surface area (Å²) in [4.78, 5) is 12.5. The van der Waals surface area contributed by atoms with Gasteiger partial charge in [-0.15, -0.1) is 0 Å². The molecule has 5 nitrogen and oxygen atoms in total. The van der Waals surface area contributed by atoms with E-state index in [1.54, 1.807) is 0 Å². The molecule has 0 saturated carbocycles. The van der Waals surface area contributed by atoms with Crippen LogP contribution in [0.25, 0.3) is 0 Å². The summed E-state index contributed by atoms with van der Waals surface area (Å²) < 4.78 is 0. The summed E-state index contributed by atoms with van der Waals surface area (Å²) in [6, 6.07) is -0.653. The first-order valence-electron chi connectivity index (χ1n) is 25.8. The monoisotopic (exact) mass is 794 g/mol. The van der Waals surface area contributed by atoms with Gasteiger partial charge in [-0.1, -0.05) is 277 Å². The highest BCUT2D eigenvalue weighted by molar-refractivity contribution is 5.76. The molecule has 0 fully saturated rings. The van der Waals surface area contributed by atoms with Crippen LogP contribution in [0.1, 0.15) is 296 Å². The highest BCUT2D eigenvalue weighted by Crippen LogP contribution is 2.18. The Hall–Kier alpha value is -0.650. The van der Waals surface area contributed by atoms with Gasteiger partial charge in [-0.2, -0.15) is 0 Å². The zero-order valence-electron chi connectivity index (χ0n) is 38.3. The lowest BCUT2D eigenvalue weighted by Crippen LogP contribution is -2.46. The normalized spacial score (nSPS) is 13.3. The number of aliphatic hydroxyl groups excluding tert-OH is 3. The zero-order chi connectivity index (χ0) is 40.8. The fraction of sp³-hybridized carbons (Fsp3) is 0.980. The molecule has 0 aliphatic rings. The molecule has 56 heavy (non-hydrogen) atoms. The number of unbranched alkanes of at least 4 members (excludes halogenated alkanes) is 39. The van der Waals surface area contributed by atoms with Crippen molar-refractivity contribution in [2.75, 3.05) is 6.61 Å². The van der Waals surface area contributed by atoms with Crippen LogP contribution < -0.4 is 5.32 Å². The minimum atomic E-state index is -0.744. The molecule has 0 heterocycles. The molecule has 0 spiro atoms. The Kier molecular flexibility index (Phi) is 46.5. The number of carbonyl (C=O) groups excluding carboxylic acids is 1. The minimum absolute atomic E-state index is 0.0434. The van der Waals surface area contributed by atoms with Crippen LogP contribution in [0, 0.1) is 0 Å². The molecule has 0 bridgehead atoms. The van der Waals surface area contributed by atoms with E-state index in [4.69, 9.17) is 0 Å².